The van der Waals surface area contributed by atoms with Crippen LogP contribution in [0.4, 0.5) is 0 Å². The van der Waals surface area contributed by atoms with Crippen molar-refractivity contribution in [1.29, 1.82) is 0 Å². The first-order valence-corrected chi connectivity index (χ1v) is 14.4. The molecule has 6 nitrogen and oxygen atoms in total. The van der Waals surface area contributed by atoms with E-state index < -0.39 is 11.9 Å². The highest BCUT2D eigenvalue weighted by Gasteiger charge is 2.21. The van der Waals surface area contributed by atoms with Crippen LogP contribution in [0, 0.1) is 13.8 Å². The molecule has 0 heterocycles. The molecule has 0 aliphatic rings. The average Bonchev–Trinajstić information content (AvgIpc) is 3.03. The number of carbonyl (C=O) groups is 3. The summed E-state index contributed by atoms with van der Waals surface area (Å²) in [7, 11) is 0. The lowest BCUT2D eigenvalue weighted by molar-refractivity contribution is 0.0682. The molecule has 0 saturated heterocycles. The van der Waals surface area contributed by atoms with Gasteiger partial charge in [-0.3, -0.25) is 9.69 Å². The molecule has 0 bridgehead atoms. The number of nitrogens with zero attached hydrogens (tertiary/aromatic N) is 1. The van der Waals surface area contributed by atoms with Crippen molar-refractivity contribution in [3.05, 3.63) is 166 Å². The van der Waals surface area contributed by atoms with Gasteiger partial charge in [0.15, 0.2) is 17.3 Å². The van der Waals surface area contributed by atoms with Gasteiger partial charge in [-0.05, 0) is 67.4 Å². The molecule has 0 spiro atoms. The molecule has 5 rings (SSSR count). The lowest BCUT2D eigenvalue weighted by Gasteiger charge is -2.22. The number of ketones is 1. The molecule has 0 unspecified atom stereocenters. The molecule has 0 atom stereocenters. The molecule has 5 aromatic rings. The number of aryl methyl sites for hydroxylation is 2. The third kappa shape index (κ3) is 9.22. The Balaban J connectivity index is 0.00000461. The van der Waals surface area contributed by atoms with Gasteiger partial charge in [-0.1, -0.05) is 96.1 Å². The van der Waals surface area contributed by atoms with Gasteiger partial charge in [0.1, 0.15) is 0 Å². The van der Waals surface area contributed by atoms with Gasteiger partial charge in [-0.25, -0.2) is 9.59 Å². The van der Waals surface area contributed by atoms with E-state index in [1.165, 1.54) is 12.1 Å². The third-order valence-electron chi connectivity index (χ3n) is 7.11. The zero-order valence-corrected chi connectivity index (χ0v) is 26.0. The number of esters is 2. The molecule has 0 fully saturated rings. The Labute approximate surface area is 269 Å². The van der Waals surface area contributed by atoms with E-state index in [-0.39, 0.29) is 36.2 Å². The molecular weight excluding hydrogens is 586 g/mol. The van der Waals surface area contributed by atoms with Gasteiger partial charge >= 0.3 is 11.9 Å². The Morgan fingerprint density at radius 2 is 0.956 bits per heavy atom. The second kappa shape index (κ2) is 15.6. The molecule has 5 aromatic carbocycles. The summed E-state index contributed by atoms with van der Waals surface area (Å²) in [6.07, 6.45) is 0. The molecule has 0 N–H and O–H groups in total. The van der Waals surface area contributed by atoms with Crippen molar-refractivity contribution in [3.8, 4) is 11.5 Å². The van der Waals surface area contributed by atoms with Crippen LogP contribution < -0.4 is 9.47 Å². The van der Waals surface area contributed by atoms with Crippen LogP contribution in [0.15, 0.2) is 127 Å². The van der Waals surface area contributed by atoms with Crippen molar-refractivity contribution < 1.29 is 23.9 Å². The summed E-state index contributed by atoms with van der Waals surface area (Å²) in [6.45, 7) is 5.11. The van der Waals surface area contributed by atoms with Crippen LogP contribution in [0.2, 0.25) is 0 Å². The van der Waals surface area contributed by atoms with E-state index in [1.54, 1.807) is 30.3 Å². The van der Waals surface area contributed by atoms with E-state index in [0.29, 0.717) is 29.8 Å². The minimum Gasteiger partial charge on any atom is -0.419 e. The largest absolute Gasteiger partial charge is 0.419 e. The summed E-state index contributed by atoms with van der Waals surface area (Å²) >= 11 is 0. The van der Waals surface area contributed by atoms with Crippen LogP contribution in [-0.2, 0) is 13.1 Å². The monoisotopic (exact) mass is 619 g/mol. The fourth-order valence-corrected chi connectivity index (χ4v) is 4.69. The van der Waals surface area contributed by atoms with Gasteiger partial charge in [0.25, 0.3) is 0 Å². The highest BCUT2D eigenvalue weighted by molar-refractivity contribution is 5.99. The summed E-state index contributed by atoms with van der Waals surface area (Å²) in [6, 6.07) is 38.4. The third-order valence-corrected chi connectivity index (χ3v) is 7.11. The number of hydrogen-bond acceptors (Lipinski definition) is 6. The summed E-state index contributed by atoms with van der Waals surface area (Å²) in [4.78, 5) is 41.8. The molecule has 45 heavy (non-hydrogen) atoms. The maximum Gasteiger partial charge on any atom is 0.343 e. The summed E-state index contributed by atoms with van der Waals surface area (Å²) < 4.78 is 11.4. The van der Waals surface area contributed by atoms with Gasteiger partial charge in [-0.2, -0.15) is 0 Å². The highest BCUT2D eigenvalue weighted by Crippen LogP contribution is 2.31. The van der Waals surface area contributed by atoms with Crippen molar-refractivity contribution in [2.45, 2.75) is 26.9 Å². The Kier molecular flexibility index (Phi) is 11.4. The molecule has 0 aliphatic heterocycles. The van der Waals surface area contributed by atoms with E-state index in [9.17, 15) is 14.4 Å². The van der Waals surface area contributed by atoms with Crippen LogP contribution >= 0.6 is 12.4 Å². The highest BCUT2D eigenvalue weighted by atomic mass is 35.5. The quantitative estimate of drug-likeness (QED) is 0.0846. The Bertz CT molecular complexity index is 1700. The maximum atomic E-state index is 13.7. The van der Waals surface area contributed by atoms with E-state index >= 15 is 0 Å². The van der Waals surface area contributed by atoms with Crippen molar-refractivity contribution in [2.24, 2.45) is 0 Å². The zero-order valence-electron chi connectivity index (χ0n) is 25.1. The number of hydrogen-bond donors (Lipinski definition) is 0. The van der Waals surface area contributed by atoms with E-state index in [2.05, 4.69) is 4.90 Å². The zero-order chi connectivity index (χ0) is 30.9. The molecule has 0 aliphatic carbocycles. The van der Waals surface area contributed by atoms with Crippen molar-refractivity contribution in [3.63, 3.8) is 0 Å². The van der Waals surface area contributed by atoms with Crippen LogP contribution in [0.25, 0.3) is 0 Å². The van der Waals surface area contributed by atoms with Gasteiger partial charge in [0, 0.05) is 18.7 Å². The first kappa shape index (κ1) is 32.9. The maximum absolute atomic E-state index is 13.7. The number of Topliss-reactive ketones (excluding diaryl/α,β-unsaturated/α-hetero) is 1. The summed E-state index contributed by atoms with van der Waals surface area (Å²) in [5.74, 6) is -1.37. The van der Waals surface area contributed by atoms with Crippen molar-refractivity contribution >= 4 is 30.1 Å². The number of rotatable bonds is 11. The molecule has 0 radical (unpaired) electrons. The minimum atomic E-state index is -0.628. The molecule has 228 valence electrons. The fraction of sp³-hybridized carbons (Fsp3) is 0.132. The Hall–Kier alpha value is -5.04. The van der Waals surface area contributed by atoms with E-state index in [4.69, 9.17) is 9.47 Å². The smallest absolute Gasteiger partial charge is 0.343 e. The predicted molar refractivity (Wildman–Crippen MR) is 177 cm³/mol. The van der Waals surface area contributed by atoms with E-state index in [1.807, 2.05) is 98.8 Å². The Morgan fingerprint density at radius 3 is 1.42 bits per heavy atom. The molecule has 0 amide bonds. The molecule has 0 aromatic heterocycles. The standard InChI is InChI=1S/C38H33NO5.ClH/c1-27-13-17-31(18-14-27)37(41)43-35-22-21-33(23-36(35)44-38(42)32-19-15-28(2)16-20-32)34(40)26-39(24-29-9-5-3-6-10-29)25-30-11-7-4-8-12-30;/h3-23H,24-26H2,1-2H3;1H. The van der Waals surface area contributed by atoms with Crippen molar-refractivity contribution in [2.75, 3.05) is 6.54 Å². The van der Waals surface area contributed by atoms with Gasteiger partial charge in [0.2, 0.25) is 0 Å². The summed E-state index contributed by atoms with van der Waals surface area (Å²) in [5.41, 5.74) is 5.19. The second-order valence-electron chi connectivity index (χ2n) is 10.7. The lowest BCUT2D eigenvalue weighted by Crippen LogP contribution is -2.29. The normalized spacial score (nSPS) is 10.6. The molecule has 0 saturated carbocycles. The van der Waals surface area contributed by atoms with Crippen LogP contribution in [0.5, 0.6) is 11.5 Å². The fourth-order valence-electron chi connectivity index (χ4n) is 4.69. The van der Waals surface area contributed by atoms with Crippen LogP contribution in [0.1, 0.15) is 53.3 Å². The SMILES string of the molecule is Cc1ccc(C(=O)Oc2ccc(C(=O)CN(Cc3ccccc3)Cc3ccccc3)cc2OC(=O)c2ccc(C)cc2)cc1.Cl. The first-order valence-electron chi connectivity index (χ1n) is 14.4. The van der Waals surface area contributed by atoms with Gasteiger partial charge < -0.3 is 9.47 Å². The van der Waals surface area contributed by atoms with Gasteiger partial charge in [-0.15, -0.1) is 12.4 Å². The minimum absolute atomic E-state index is 0. The average molecular weight is 620 g/mol. The second-order valence-corrected chi connectivity index (χ2v) is 10.7. The van der Waals surface area contributed by atoms with Crippen LogP contribution in [-0.4, -0.2) is 29.2 Å². The molecule has 7 heteroatoms. The van der Waals surface area contributed by atoms with Crippen molar-refractivity contribution in [1.82, 2.24) is 4.90 Å². The number of halogens is 1. The number of carbonyl (C=O) groups excluding carboxylic acids is 3. The number of benzene rings is 5. The lowest BCUT2D eigenvalue weighted by atomic mass is 10.1. The van der Waals surface area contributed by atoms with E-state index in [0.717, 1.165) is 22.3 Å². The predicted octanol–water partition coefficient (Wildman–Crippen LogP) is 8.05. The topological polar surface area (TPSA) is 72.9 Å². The summed E-state index contributed by atoms with van der Waals surface area (Å²) in [5, 5.41) is 0. The first-order chi connectivity index (χ1) is 21.3. The molecular formula is C38H34ClNO5. The number of ether oxygens (including phenoxy) is 2. The Morgan fingerprint density at radius 1 is 0.533 bits per heavy atom. The van der Waals surface area contributed by atoms with Gasteiger partial charge in [0.05, 0.1) is 17.7 Å². The van der Waals surface area contributed by atoms with Crippen LogP contribution in [0.3, 0.4) is 0 Å².